The van der Waals surface area contributed by atoms with Crippen LogP contribution >= 0.6 is 22.9 Å². The lowest BCUT2D eigenvalue weighted by Gasteiger charge is -2.28. The Hall–Kier alpha value is -2.96. The van der Waals surface area contributed by atoms with Crippen molar-refractivity contribution in [2.45, 2.75) is 70.5 Å². The zero-order valence-electron chi connectivity index (χ0n) is 21.7. The van der Waals surface area contributed by atoms with Gasteiger partial charge in [0, 0.05) is 24.2 Å². The molecule has 2 aromatic heterocycles. The molecule has 1 N–H and O–H groups in total. The molecule has 0 spiro atoms. The van der Waals surface area contributed by atoms with E-state index >= 15 is 0 Å². The van der Waals surface area contributed by atoms with Crippen molar-refractivity contribution in [1.82, 2.24) is 19.7 Å². The first kappa shape index (κ1) is 27.6. The molecule has 3 aromatic rings. The predicted molar refractivity (Wildman–Crippen MR) is 143 cm³/mol. The number of ether oxygens (including phenoxy) is 1. The Kier molecular flexibility index (Phi) is 7.01. The molecule has 0 saturated heterocycles. The number of nitrogens with zero attached hydrogens (tertiary/aromatic N) is 5. The monoisotopic (exact) mass is 581 g/mol. The van der Waals surface area contributed by atoms with Gasteiger partial charge in [-0.2, -0.15) is 13.2 Å². The van der Waals surface area contributed by atoms with E-state index in [1.54, 1.807) is 20.8 Å². The quantitative estimate of drug-likeness (QED) is 0.362. The van der Waals surface area contributed by atoms with Gasteiger partial charge in [0.15, 0.2) is 17.1 Å². The summed E-state index contributed by atoms with van der Waals surface area (Å²) >= 11 is 7.65. The van der Waals surface area contributed by atoms with Gasteiger partial charge in [-0.25, -0.2) is 9.78 Å². The Morgan fingerprint density at radius 3 is 2.62 bits per heavy atom. The number of anilines is 1. The third kappa shape index (κ3) is 5.42. The number of allylic oxidation sites excluding steroid dienone is 4. The second-order valence-corrected chi connectivity index (χ2v) is 12.1. The van der Waals surface area contributed by atoms with E-state index in [4.69, 9.17) is 21.3 Å². The van der Waals surface area contributed by atoms with Crippen LogP contribution in [0.2, 0.25) is 0 Å². The molecule has 2 aliphatic rings. The normalized spacial score (nSPS) is 18.8. The SMILES string of the molecule is Cc1cc2nc(N3CCn4c(nnc4C(F)(F)F)C3)sc2c(C2=CCC(Cl)C=C2)c1C(OC(C)(C)C)C(=O)O. The summed E-state index contributed by atoms with van der Waals surface area (Å²) < 4.78 is 47.8. The van der Waals surface area contributed by atoms with E-state index in [2.05, 4.69) is 10.2 Å². The summed E-state index contributed by atoms with van der Waals surface area (Å²) in [5, 5.41) is 17.8. The predicted octanol–water partition coefficient (Wildman–Crippen LogP) is 6.13. The molecule has 3 heterocycles. The van der Waals surface area contributed by atoms with Crippen molar-refractivity contribution >= 4 is 49.8 Å². The van der Waals surface area contributed by atoms with Crippen LogP contribution in [-0.4, -0.2) is 48.3 Å². The van der Waals surface area contributed by atoms with Crippen LogP contribution in [0.1, 0.15) is 61.6 Å². The molecule has 2 atom stereocenters. The number of carboxylic acid groups (broad SMARTS) is 1. The van der Waals surface area contributed by atoms with Crippen molar-refractivity contribution in [3.63, 3.8) is 0 Å². The zero-order chi connectivity index (χ0) is 28.3. The smallest absolute Gasteiger partial charge is 0.451 e. The molecule has 1 aliphatic heterocycles. The van der Waals surface area contributed by atoms with Crippen LogP contribution in [0, 0.1) is 6.92 Å². The highest BCUT2D eigenvalue weighted by Crippen LogP contribution is 2.44. The zero-order valence-corrected chi connectivity index (χ0v) is 23.3. The Morgan fingerprint density at radius 1 is 1.26 bits per heavy atom. The van der Waals surface area contributed by atoms with Gasteiger partial charge in [-0.3, -0.25) is 0 Å². The number of thiazole rings is 1. The third-order valence-electron chi connectivity index (χ3n) is 6.49. The van der Waals surface area contributed by atoms with E-state index in [1.165, 1.54) is 11.3 Å². The molecule has 13 heteroatoms. The Labute approximate surface area is 231 Å². The number of benzene rings is 1. The number of aromatic nitrogens is 4. The van der Waals surface area contributed by atoms with Crippen molar-refractivity contribution < 1.29 is 27.8 Å². The number of alkyl halides is 4. The summed E-state index contributed by atoms with van der Waals surface area (Å²) in [6.45, 7) is 7.71. The number of hydrogen-bond donors (Lipinski definition) is 1. The third-order valence-corrected chi connectivity index (χ3v) is 7.96. The fourth-order valence-electron chi connectivity index (χ4n) is 4.86. The van der Waals surface area contributed by atoms with E-state index in [0.717, 1.165) is 14.8 Å². The van der Waals surface area contributed by atoms with Crippen LogP contribution in [0.3, 0.4) is 0 Å². The summed E-state index contributed by atoms with van der Waals surface area (Å²) in [4.78, 5) is 19.2. The van der Waals surface area contributed by atoms with Crippen molar-refractivity contribution in [2.75, 3.05) is 11.4 Å². The Morgan fingerprint density at radius 2 is 2.00 bits per heavy atom. The molecule has 8 nitrogen and oxygen atoms in total. The van der Waals surface area contributed by atoms with Gasteiger partial charge >= 0.3 is 12.1 Å². The number of halogens is 4. The van der Waals surface area contributed by atoms with Crippen molar-refractivity contribution in [2.24, 2.45) is 0 Å². The standard InChI is InChI=1S/C26H27ClF3N5O3S/c1-13-11-16-21(39-24(31-16)34-9-10-35-17(12-34)32-33-23(35)26(28,29)30)19(14-5-7-15(27)8-6-14)18(13)20(22(36)37)38-25(2,3)4/h5-7,11,15,20H,8-10,12H2,1-4H3,(H,36,37). The number of aliphatic carboxylic acids is 1. The van der Waals surface area contributed by atoms with Gasteiger partial charge in [-0.1, -0.05) is 29.6 Å². The van der Waals surface area contributed by atoms with E-state index in [-0.39, 0.29) is 30.8 Å². The van der Waals surface area contributed by atoms with Crippen molar-refractivity contribution in [3.8, 4) is 0 Å². The highest BCUT2D eigenvalue weighted by atomic mass is 35.5. The molecule has 1 aliphatic carbocycles. The molecule has 0 saturated carbocycles. The first-order valence-corrected chi connectivity index (χ1v) is 13.6. The lowest BCUT2D eigenvalue weighted by molar-refractivity contribution is -0.160. The molecule has 0 radical (unpaired) electrons. The van der Waals surface area contributed by atoms with Gasteiger partial charge in [0.05, 0.1) is 27.7 Å². The van der Waals surface area contributed by atoms with Crippen LogP contribution in [0.15, 0.2) is 24.3 Å². The highest BCUT2D eigenvalue weighted by Gasteiger charge is 2.40. The first-order chi connectivity index (χ1) is 18.2. The number of aryl methyl sites for hydroxylation is 1. The second kappa shape index (κ2) is 9.90. The number of carbonyl (C=O) groups is 1. The van der Waals surface area contributed by atoms with Gasteiger partial charge < -0.3 is 19.3 Å². The van der Waals surface area contributed by atoms with Crippen molar-refractivity contribution in [1.29, 1.82) is 0 Å². The highest BCUT2D eigenvalue weighted by molar-refractivity contribution is 7.22. The van der Waals surface area contributed by atoms with E-state index in [1.807, 2.05) is 36.1 Å². The van der Waals surface area contributed by atoms with Gasteiger partial charge in [0.25, 0.3) is 0 Å². The fraction of sp³-hybridized carbons (Fsp3) is 0.462. The van der Waals surface area contributed by atoms with Crippen LogP contribution in [0.5, 0.6) is 0 Å². The maximum Gasteiger partial charge on any atom is 0.451 e. The number of rotatable bonds is 5. The van der Waals surface area contributed by atoms with Crippen LogP contribution in [0.4, 0.5) is 18.3 Å². The van der Waals surface area contributed by atoms with Gasteiger partial charge in [0.2, 0.25) is 5.82 Å². The molecule has 1 aromatic carbocycles. The average Bonchev–Trinajstić information content (AvgIpc) is 3.45. The number of fused-ring (bicyclic) bond motifs is 2. The topological polar surface area (TPSA) is 93.4 Å². The molecule has 39 heavy (non-hydrogen) atoms. The largest absolute Gasteiger partial charge is 0.479 e. The number of carboxylic acids is 1. The van der Waals surface area contributed by atoms with Crippen molar-refractivity contribution in [3.05, 3.63) is 52.6 Å². The summed E-state index contributed by atoms with van der Waals surface area (Å²) in [5.41, 5.74) is 2.72. The lowest BCUT2D eigenvalue weighted by atomic mass is 9.89. The van der Waals surface area contributed by atoms with Crippen LogP contribution in [0.25, 0.3) is 15.8 Å². The minimum absolute atomic E-state index is 0.0652. The van der Waals surface area contributed by atoms with Crippen LogP contribution in [-0.2, 0) is 28.8 Å². The van der Waals surface area contributed by atoms with Crippen LogP contribution < -0.4 is 4.90 Å². The van der Waals surface area contributed by atoms with Gasteiger partial charge in [-0.05, 0) is 51.3 Å². The Balaban J connectivity index is 1.63. The fourth-order valence-corrected chi connectivity index (χ4v) is 6.17. The lowest BCUT2D eigenvalue weighted by Crippen LogP contribution is -2.35. The summed E-state index contributed by atoms with van der Waals surface area (Å²) in [5.74, 6) is -1.90. The molecular weight excluding hydrogens is 555 g/mol. The van der Waals surface area contributed by atoms with E-state index < -0.39 is 29.7 Å². The molecular formula is C26H27ClF3N5O3S. The number of hydrogen-bond acceptors (Lipinski definition) is 7. The van der Waals surface area contributed by atoms with Gasteiger partial charge in [-0.15, -0.1) is 21.8 Å². The molecule has 0 fully saturated rings. The van der Waals surface area contributed by atoms with Gasteiger partial charge in [0.1, 0.15) is 0 Å². The molecule has 2 unspecified atom stereocenters. The molecule has 0 bridgehead atoms. The minimum Gasteiger partial charge on any atom is -0.479 e. The average molecular weight is 582 g/mol. The maximum atomic E-state index is 13.3. The summed E-state index contributed by atoms with van der Waals surface area (Å²) in [6.07, 6.45) is 0.503. The molecule has 0 amide bonds. The Bertz CT molecular complexity index is 1500. The molecule has 208 valence electrons. The summed E-state index contributed by atoms with van der Waals surface area (Å²) in [7, 11) is 0. The van der Waals surface area contributed by atoms with E-state index in [0.29, 0.717) is 33.8 Å². The second-order valence-electron chi connectivity index (χ2n) is 10.6. The van der Waals surface area contributed by atoms with E-state index in [9.17, 15) is 23.1 Å². The summed E-state index contributed by atoms with van der Waals surface area (Å²) in [6, 6.07) is 1.84. The maximum absolute atomic E-state index is 13.3. The first-order valence-electron chi connectivity index (χ1n) is 12.3. The molecule has 5 rings (SSSR count). The minimum atomic E-state index is -4.58.